The molecule has 0 aliphatic carbocycles. The summed E-state index contributed by atoms with van der Waals surface area (Å²) in [5.74, 6) is 2.34. The molecule has 0 radical (unpaired) electrons. The molecule has 6 heteroatoms. The van der Waals surface area contributed by atoms with Crippen LogP contribution < -0.4 is 10.1 Å². The molecule has 0 fully saturated rings. The molecule has 1 N–H and O–H groups in total. The van der Waals surface area contributed by atoms with E-state index in [2.05, 4.69) is 34.3 Å². The normalized spacial score (nSPS) is 11.1. The average Bonchev–Trinajstić information content (AvgIpc) is 2.83. The second-order valence-electron chi connectivity index (χ2n) is 5.43. The van der Waals surface area contributed by atoms with Crippen molar-refractivity contribution in [1.29, 1.82) is 0 Å². The largest absolute Gasteiger partial charge is 0.482 e. The first-order valence-corrected chi connectivity index (χ1v) is 7.13. The minimum Gasteiger partial charge on any atom is -0.482 e. The van der Waals surface area contributed by atoms with Crippen molar-refractivity contribution in [3.05, 3.63) is 35.3 Å². The summed E-state index contributed by atoms with van der Waals surface area (Å²) in [4.78, 5) is 4.53. The van der Waals surface area contributed by atoms with Crippen molar-refractivity contribution in [2.24, 2.45) is 5.92 Å². The highest BCUT2D eigenvalue weighted by Gasteiger charge is 2.09. The lowest BCUT2D eigenvalue weighted by Crippen LogP contribution is -2.20. The maximum atomic E-state index is 5.75. The highest BCUT2D eigenvalue weighted by atomic mass is 16.5. The fourth-order valence-electron chi connectivity index (χ4n) is 1.87. The van der Waals surface area contributed by atoms with Gasteiger partial charge in [0.05, 0.1) is 5.69 Å². The zero-order chi connectivity index (χ0) is 15.2. The Morgan fingerprint density at radius 3 is 2.71 bits per heavy atom. The standard InChI is InChI=1S/C15H22N4O2/c1-10(2)7-16-8-13-14(6-5-11(3)17-13)20-9-15-19-18-12(4)21-15/h5-6,10,16H,7-9H2,1-4H3. The molecule has 0 saturated heterocycles. The van der Waals surface area contributed by atoms with Crippen LogP contribution in [0, 0.1) is 19.8 Å². The molecule has 0 unspecified atom stereocenters. The van der Waals surface area contributed by atoms with Gasteiger partial charge in [-0.15, -0.1) is 10.2 Å². The maximum Gasteiger partial charge on any atom is 0.253 e. The molecule has 2 rings (SSSR count). The van der Waals surface area contributed by atoms with E-state index in [9.17, 15) is 0 Å². The average molecular weight is 290 g/mol. The third kappa shape index (κ3) is 4.82. The lowest BCUT2D eigenvalue weighted by molar-refractivity contribution is 0.256. The zero-order valence-electron chi connectivity index (χ0n) is 13.0. The van der Waals surface area contributed by atoms with Crippen LogP contribution in [0.25, 0.3) is 0 Å². The SMILES string of the molecule is Cc1ccc(OCc2nnc(C)o2)c(CNCC(C)C)n1. The molecule has 0 amide bonds. The molecular formula is C15H22N4O2. The Morgan fingerprint density at radius 2 is 2.05 bits per heavy atom. The van der Waals surface area contributed by atoms with Crippen LogP contribution in [0.2, 0.25) is 0 Å². The number of hydrogen-bond donors (Lipinski definition) is 1. The first-order chi connectivity index (χ1) is 10.0. The van der Waals surface area contributed by atoms with Gasteiger partial charge in [-0.05, 0) is 31.5 Å². The van der Waals surface area contributed by atoms with Crippen molar-refractivity contribution in [2.45, 2.75) is 40.8 Å². The second-order valence-corrected chi connectivity index (χ2v) is 5.43. The lowest BCUT2D eigenvalue weighted by atomic mass is 10.2. The van der Waals surface area contributed by atoms with Gasteiger partial charge in [0.25, 0.3) is 5.89 Å². The molecular weight excluding hydrogens is 268 g/mol. The Kier molecular flexibility index (Phi) is 5.27. The minimum absolute atomic E-state index is 0.253. The van der Waals surface area contributed by atoms with Crippen LogP contribution in [0.3, 0.4) is 0 Å². The minimum atomic E-state index is 0.253. The predicted octanol–water partition coefficient (Wildman–Crippen LogP) is 2.41. The van der Waals surface area contributed by atoms with Gasteiger partial charge in [0.1, 0.15) is 5.75 Å². The van der Waals surface area contributed by atoms with Crippen LogP contribution in [0.1, 0.15) is 37.0 Å². The molecule has 0 spiro atoms. The molecule has 0 aliphatic heterocycles. The Bertz CT molecular complexity index is 581. The van der Waals surface area contributed by atoms with Gasteiger partial charge < -0.3 is 14.5 Å². The van der Waals surface area contributed by atoms with Gasteiger partial charge in [-0.3, -0.25) is 4.98 Å². The number of aryl methyl sites for hydroxylation is 2. The molecule has 2 aromatic rings. The van der Waals surface area contributed by atoms with Gasteiger partial charge in [0, 0.05) is 19.2 Å². The van der Waals surface area contributed by atoms with Crippen LogP contribution in [-0.2, 0) is 13.2 Å². The number of nitrogens with zero attached hydrogens (tertiary/aromatic N) is 3. The number of nitrogens with one attached hydrogen (secondary N) is 1. The molecule has 2 aromatic heterocycles. The molecule has 6 nitrogen and oxygen atoms in total. The summed E-state index contributed by atoms with van der Waals surface area (Å²) in [6.45, 7) is 9.94. The summed E-state index contributed by atoms with van der Waals surface area (Å²) >= 11 is 0. The van der Waals surface area contributed by atoms with Crippen LogP contribution >= 0.6 is 0 Å². The highest BCUT2D eigenvalue weighted by molar-refractivity contribution is 5.29. The van der Waals surface area contributed by atoms with Crippen LogP contribution in [-0.4, -0.2) is 21.7 Å². The second kappa shape index (κ2) is 7.17. The fraction of sp³-hybridized carbons (Fsp3) is 0.533. The van der Waals surface area contributed by atoms with Crippen molar-refractivity contribution >= 4 is 0 Å². The van der Waals surface area contributed by atoms with E-state index >= 15 is 0 Å². The highest BCUT2D eigenvalue weighted by Crippen LogP contribution is 2.18. The number of rotatable bonds is 7. The Morgan fingerprint density at radius 1 is 1.24 bits per heavy atom. The molecule has 2 heterocycles. The number of aromatic nitrogens is 3. The van der Waals surface area contributed by atoms with E-state index in [0.717, 1.165) is 23.7 Å². The van der Waals surface area contributed by atoms with E-state index in [1.165, 1.54) is 0 Å². The monoisotopic (exact) mass is 290 g/mol. The Hall–Kier alpha value is -1.95. The van der Waals surface area contributed by atoms with Gasteiger partial charge in [-0.25, -0.2) is 0 Å². The molecule has 21 heavy (non-hydrogen) atoms. The van der Waals surface area contributed by atoms with E-state index in [1.807, 2.05) is 19.1 Å². The van der Waals surface area contributed by atoms with E-state index in [-0.39, 0.29) is 6.61 Å². The first-order valence-electron chi connectivity index (χ1n) is 7.13. The van der Waals surface area contributed by atoms with Gasteiger partial charge in [0.2, 0.25) is 5.89 Å². The van der Waals surface area contributed by atoms with Gasteiger partial charge in [-0.1, -0.05) is 13.8 Å². The van der Waals surface area contributed by atoms with Crippen molar-refractivity contribution in [3.8, 4) is 5.75 Å². The summed E-state index contributed by atoms with van der Waals surface area (Å²) in [6, 6.07) is 3.86. The van der Waals surface area contributed by atoms with E-state index < -0.39 is 0 Å². The topological polar surface area (TPSA) is 73.1 Å². The summed E-state index contributed by atoms with van der Waals surface area (Å²) in [7, 11) is 0. The lowest BCUT2D eigenvalue weighted by Gasteiger charge is -2.12. The Balaban J connectivity index is 2.00. The summed E-state index contributed by atoms with van der Waals surface area (Å²) in [5, 5.41) is 11.1. The van der Waals surface area contributed by atoms with Gasteiger partial charge >= 0.3 is 0 Å². The van der Waals surface area contributed by atoms with Gasteiger partial charge in [-0.2, -0.15) is 0 Å². The molecule has 0 saturated carbocycles. The van der Waals surface area contributed by atoms with Crippen LogP contribution in [0.5, 0.6) is 5.75 Å². The van der Waals surface area contributed by atoms with Crippen molar-refractivity contribution in [2.75, 3.05) is 6.54 Å². The summed E-state index contributed by atoms with van der Waals surface area (Å²) in [6.07, 6.45) is 0. The number of pyridine rings is 1. The quantitative estimate of drug-likeness (QED) is 0.844. The third-order valence-electron chi connectivity index (χ3n) is 2.84. The molecule has 0 aromatic carbocycles. The zero-order valence-corrected chi connectivity index (χ0v) is 13.0. The predicted molar refractivity (Wildman–Crippen MR) is 78.9 cm³/mol. The third-order valence-corrected chi connectivity index (χ3v) is 2.84. The van der Waals surface area contributed by atoms with Gasteiger partial charge in [0.15, 0.2) is 6.61 Å². The van der Waals surface area contributed by atoms with Crippen LogP contribution in [0.15, 0.2) is 16.5 Å². The van der Waals surface area contributed by atoms with E-state index in [1.54, 1.807) is 6.92 Å². The van der Waals surface area contributed by atoms with Crippen molar-refractivity contribution in [3.63, 3.8) is 0 Å². The molecule has 0 bridgehead atoms. The maximum absolute atomic E-state index is 5.75. The molecule has 114 valence electrons. The van der Waals surface area contributed by atoms with E-state index in [4.69, 9.17) is 9.15 Å². The molecule has 0 aliphatic rings. The number of hydrogen-bond acceptors (Lipinski definition) is 6. The Labute approximate surface area is 124 Å². The molecule has 0 atom stereocenters. The van der Waals surface area contributed by atoms with E-state index in [0.29, 0.717) is 24.2 Å². The number of ether oxygens (including phenoxy) is 1. The van der Waals surface area contributed by atoms with Crippen molar-refractivity contribution < 1.29 is 9.15 Å². The smallest absolute Gasteiger partial charge is 0.253 e. The fourth-order valence-corrected chi connectivity index (χ4v) is 1.87. The van der Waals surface area contributed by atoms with Crippen LogP contribution in [0.4, 0.5) is 0 Å². The van der Waals surface area contributed by atoms with Crippen molar-refractivity contribution in [1.82, 2.24) is 20.5 Å². The first kappa shape index (κ1) is 15.4. The summed E-state index contributed by atoms with van der Waals surface area (Å²) in [5.41, 5.74) is 1.87. The summed E-state index contributed by atoms with van der Waals surface area (Å²) < 4.78 is 11.0.